The number of benzene rings is 1. The molecule has 0 aromatic heterocycles. The number of fused-ring (bicyclic) bond motifs is 1. The summed E-state index contributed by atoms with van der Waals surface area (Å²) in [6.07, 6.45) is 3.56. The molecule has 1 fully saturated rings. The van der Waals surface area contributed by atoms with Crippen molar-refractivity contribution in [2.24, 2.45) is 0 Å². The minimum atomic E-state index is 0.124. The van der Waals surface area contributed by atoms with Crippen molar-refractivity contribution in [3.8, 4) is 0 Å². The van der Waals surface area contributed by atoms with Crippen LogP contribution in [0, 0.1) is 0 Å². The summed E-state index contributed by atoms with van der Waals surface area (Å²) in [6.45, 7) is 4.58. The van der Waals surface area contributed by atoms with Crippen LogP contribution in [0.1, 0.15) is 12.0 Å². The van der Waals surface area contributed by atoms with Crippen LogP contribution in [0.4, 0.5) is 5.69 Å². The highest BCUT2D eigenvalue weighted by Crippen LogP contribution is 2.24. The number of nitrogens with zero attached hydrogens (tertiary/aromatic N) is 2. The summed E-state index contributed by atoms with van der Waals surface area (Å²) in [5, 5.41) is 9.03. The zero-order chi connectivity index (χ0) is 11.7. The first-order valence-corrected chi connectivity index (χ1v) is 6.25. The van der Waals surface area contributed by atoms with Crippen molar-refractivity contribution in [2.75, 3.05) is 31.1 Å². The fraction of sp³-hybridized carbons (Fsp3) is 0.429. The molecular formula is C14H18N2O. The maximum atomic E-state index is 9.03. The van der Waals surface area contributed by atoms with Gasteiger partial charge in [0.2, 0.25) is 0 Å². The summed E-state index contributed by atoms with van der Waals surface area (Å²) in [6, 6.07) is 8.23. The Morgan fingerprint density at radius 1 is 1.00 bits per heavy atom. The van der Waals surface area contributed by atoms with E-state index in [1.165, 1.54) is 24.4 Å². The highest BCUT2D eigenvalue weighted by molar-refractivity contribution is 5.49. The van der Waals surface area contributed by atoms with Gasteiger partial charge in [0.15, 0.2) is 0 Å². The summed E-state index contributed by atoms with van der Waals surface area (Å²) in [4.78, 5) is 4.90. The summed E-state index contributed by atoms with van der Waals surface area (Å²) in [5.41, 5.74) is 3.71. The molecule has 2 aliphatic heterocycles. The smallest absolute Gasteiger partial charge is 0.0681 e. The van der Waals surface area contributed by atoms with Gasteiger partial charge in [-0.25, -0.2) is 0 Å². The third-order valence-corrected chi connectivity index (χ3v) is 3.66. The van der Waals surface area contributed by atoms with Crippen molar-refractivity contribution in [3.63, 3.8) is 0 Å². The zero-order valence-corrected chi connectivity index (χ0v) is 9.97. The van der Waals surface area contributed by atoms with Crippen LogP contribution < -0.4 is 4.90 Å². The predicted octanol–water partition coefficient (Wildman–Crippen LogP) is 1.59. The molecule has 1 N–H and O–H groups in total. The molecule has 0 unspecified atom stereocenters. The molecule has 0 aliphatic carbocycles. The van der Waals surface area contributed by atoms with E-state index < -0.39 is 0 Å². The van der Waals surface area contributed by atoms with Crippen LogP contribution in [-0.4, -0.2) is 36.2 Å². The van der Waals surface area contributed by atoms with E-state index in [-0.39, 0.29) is 6.61 Å². The van der Waals surface area contributed by atoms with Crippen molar-refractivity contribution in [1.29, 1.82) is 0 Å². The van der Waals surface area contributed by atoms with E-state index in [4.69, 9.17) is 5.11 Å². The molecule has 0 radical (unpaired) electrons. The standard InChI is InChI=1S/C14H18N2O/c17-11-12-3-5-13(6-4-12)16-9-8-15-7-1-2-14(15)10-16/h2-6,17H,1,7-11H2. The molecule has 17 heavy (non-hydrogen) atoms. The van der Waals surface area contributed by atoms with Crippen LogP contribution in [0.5, 0.6) is 0 Å². The highest BCUT2D eigenvalue weighted by Gasteiger charge is 2.23. The zero-order valence-electron chi connectivity index (χ0n) is 9.97. The van der Waals surface area contributed by atoms with Crippen LogP contribution >= 0.6 is 0 Å². The van der Waals surface area contributed by atoms with Crippen molar-refractivity contribution in [1.82, 2.24) is 4.90 Å². The van der Waals surface area contributed by atoms with Crippen LogP contribution in [0.3, 0.4) is 0 Å². The number of piperazine rings is 1. The van der Waals surface area contributed by atoms with E-state index in [2.05, 4.69) is 28.0 Å². The molecule has 0 atom stereocenters. The average molecular weight is 230 g/mol. The second-order valence-electron chi connectivity index (χ2n) is 4.72. The molecule has 1 saturated heterocycles. The lowest BCUT2D eigenvalue weighted by Crippen LogP contribution is -2.43. The molecule has 2 heterocycles. The molecule has 3 nitrogen and oxygen atoms in total. The summed E-state index contributed by atoms with van der Waals surface area (Å²) >= 11 is 0. The monoisotopic (exact) mass is 230 g/mol. The Kier molecular flexibility index (Phi) is 2.77. The van der Waals surface area contributed by atoms with Crippen LogP contribution in [0.15, 0.2) is 36.0 Å². The molecule has 90 valence electrons. The van der Waals surface area contributed by atoms with E-state index in [1.54, 1.807) is 0 Å². The topological polar surface area (TPSA) is 26.7 Å². The molecule has 0 saturated carbocycles. The van der Waals surface area contributed by atoms with Crippen molar-refractivity contribution < 1.29 is 5.11 Å². The van der Waals surface area contributed by atoms with E-state index in [0.29, 0.717) is 0 Å². The molecular weight excluding hydrogens is 212 g/mol. The van der Waals surface area contributed by atoms with Crippen LogP contribution in [0.2, 0.25) is 0 Å². The Bertz CT molecular complexity index is 424. The molecule has 1 aromatic rings. The van der Waals surface area contributed by atoms with Gasteiger partial charge in [-0.15, -0.1) is 0 Å². The maximum Gasteiger partial charge on any atom is 0.0681 e. The first-order valence-electron chi connectivity index (χ1n) is 6.25. The number of anilines is 1. The van der Waals surface area contributed by atoms with Gasteiger partial charge in [-0.1, -0.05) is 18.2 Å². The minimum Gasteiger partial charge on any atom is -0.392 e. The Hall–Kier alpha value is -1.48. The molecule has 3 rings (SSSR count). The highest BCUT2D eigenvalue weighted by atomic mass is 16.3. The first kappa shape index (κ1) is 10.7. The van der Waals surface area contributed by atoms with Gasteiger partial charge in [-0.05, 0) is 24.1 Å². The summed E-state index contributed by atoms with van der Waals surface area (Å²) in [7, 11) is 0. The summed E-state index contributed by atoms with van der Waals surface area (Å²) < 4.78 is 0. The fourth-order valence-electron chi connectivity index (χ4n) is 2.63. The van der Waals surface area contributed by atoms with E-state index in [0.717, 1.165) is 25.2 Å². The number of rotatable bonds is 2. The van der Waals surface area contributed by atoms with Gasteiger partial charge >= 0.3 is 0 Å². The van der Waals surface area contributed by atoms with Gasteiger partial charge < -0.3 is 14.9 Å². The van der Waals surface area contributed by atoms with Crippen LogP contribution in [-0.2, 0) is 6.61 Å². The lowest BCUT2D eigenvalue weighted by molar-refractivity contribution is 0.282. The molecule has 0 amide bonds. The van der Waals surface area contributed by atoms with E-state index in [1.807, 2.05) is 12.1 Å². The number of hydrogen-bond donors (Lipinski definition) is 1. The molecule has 0 spiro atoms. The van der Waals surface area contributed by atoms with Gasteiger partial charge in [0, 0.05) is 31.0 Å². The van der Waals surface area contributed by atoms with Gasteiger partial charge in [0.25, 0.3) is 0 Å². The largest absolute Gasteiger partial charge is 0.392 e. The molecule has 1 aromatic carbocycles. The molecule has 0 bridgehead atoms. The summed E-state index contributed by atoms with van der Waals surface area (Å²) in [5.74, 6) is 0. The lowest BCUT2D eigenvalue weighted by Gasteiger charge is -2.37. The third-order valence-electron chi connectivity index (χ3n) is 3.66. The van der Waals surface area contributed by atoms with Gasteiger partial charge in [0.05, 0.1) is 13.2 Å². The van der Waals surface area contributed by atoms with Crippen molar-refractivity contribution in [2.45, 2.75) is 13.0 Å². The Balaban J connectivity index is 1.75. The number of aliphatic hydroxyl groups excluding tert-OH is 1. The van der Waals surface area contributed by atoms with Gasteiger partial charge in [0.1, 0.15) is 0 Å². The Labute approximate surface area is 102 Å². The predicted molar refractivity (Wildman–Crippen MR) is 68.9 cm³/mol. The van der Waals surface area contributed by atoms with Crippen molar-refractivity contribution in [3.05, 3.63) is 41.6 Å². The fourth-order valence-corrected chi connectivity index (χ4v) is 2.63. The Morgan fingerprint density at radius 2 is 1.76 bits per heavy atom. The Morgan fingerprint density at radius 3 is 2.53 bits per heavy atom. The third kappa shape index (κ3) is 2.03. The average Bonchev–Trinajstić information content (AvgIpc) is 2.86. The number of aliphatic hydroxyl groups is 1. The maximum absolute atomic E-state index is 9.03. The quantitative estimate of drug-likeness (QED) is 0.835. The molecule has 2 aliphatic rings. The van der Waals surface area contributed by atoms with Crippen LogP contribution in [0.25, 0.3) is 0 Å². The SMILES string of the molecule is OCc1ccc(N2CCN3CCC=C3C2)cc1. The van der Waals surface area contributed by atoms with Crippen molar-refractivity contribution >= 4 is 5.69 Å². The minimum absolute atomic E-state index is 0.124. The van der Waals surface area contributed by atoms with Gasteiger partial charge in [-0.2, -0.15) is 0 Å². The second kappa shape index (κ2) is 4.41. The first-order chi connectivity index (χ1) is 8.36. The molecule has 3 heteroatoms. The second-order valence-corrected chi connectivity index (χ2v) is 4.72. The number of hydrogen-bond acceptors (Lipinski definition) is 3. The van der Waals surface area contributed by atoms with Gasteiger partial charge in [-0.3, -0.25) is 0 Å². The lowest BCUT2D eigenvalue weighted by atomic mass is 10.2. The van der Waals surface area contributed by atoms with E-state index >= 15 is 0 Å². The van der Waals surface area contributed by atoms with E-state index in [9.17, 15) is 0 Å². The normalized spacial score (nSPS) is 19.2.